The molecule has 2 aromatic rings. The number of rotatable bonds is 6. The Bertz CT molecular complexity index is 829. The third kappa shape index (κ3) is 4.84. The Hall–Kier alpha value is -1.89. The van der Waals surface area contributed by atoms with Gasteiger partial charge in [0.15, 0.2) is 0 Å². The average molecular weight is 375 g/mol. The highest BCUT2D eigenvalue weighted by molar-refractivity contribution is 7.88. The molecule has 1 fully saturated rings. The van der Waals surface area contributed by atoms with E-state index in [1.54, 1.807) is 0 Å². The fourth-order valence-corrected chi connectivity index (χ4v) is 4.02. The Labute approximate surface area is 156 Å². The molecule has 0 spiro atoms. The normalized spacial score (nSPS) is 16.5. The van der Waals surface area contributed by atoms with Gasteiger partial charge in [0.1, 0.15) is 12.4 Å². The van der Waals surface area contributed by atoms with Crippen LogP contribution in [-0.2, 0) is 10.0 Å². The van der Waals surface area contributed by atoms with Gasteiger partial charge in [-0.15, -0.1) is 0 Å². The lowest BCUT2D eigenvalue weighted by molar-refractivity contribution is 0.159. The van der Waals surface area contributed by atoms with Crippen LogP contribution in [0.3, 0.4) is 0 Å². The zero-order valence-electron chi connectivity index (χ0n) is 15.4. The molecule has 5 nitrogen and oxygen atoms in total. The molecule has 0 unspecified atom stereocenters. The Morgan fingerprint density at radius 2 is 1.69 bits per heavy atom. The highest BCUT2D eigenvalue weighted by Gasteiger charge is 2.22. The summed E-state index contributed by atoms with van der Waals surface area (Å²) in [6.07, 6.45) is 1.27. The van der Waals surface area contributed by atoms with Crippen LogP contribution in [-0.4, -0.2) is 63.2 Å². The highest BCUT2D eigenvalue weighted by Crippen LogP contribution is 2.27. The minimum atomic E-state index is -3.07. The van der Waals surface area contributed by atoms with Crippen molar-refractivity contribution in [3.8, 4) is 16.9 Å². The molecule has 1 heterocycles. The number of piperazine rings is 1. The predicted octanol–water partition coefficient (Wildman–Crippen LogP) is 2.62. The van der Waals surface area contributed by atoms with Crippen LogP contribution < -0.4 is 4.74 Å². The van der Waals surface area contributed by atoms with E-state index in [2.05, 4.69) is 36.1 Å². The van der Waals surface area contributed by atoms with Gasteiger partial charge in [-0.3, -0.25) is 4.90 Å². The van der Waals surface area contributed by atoms with E-state index < -0.39 is 10.0 Å². The second-order valence-electron chi connectivity index (χ2n) is 6.69. The van der Waals surface area contributed by atoms with Crippen molar-refractivity contribution in [2.24, 2.45) is 0 Å². The van der Waals surface area contributed by atoms with Crippen LogP contribution in [0.25, 0.3) is 11.1 Å². The number of nitrogens with zero attached hydrogens (tertiary/aromatic N) is 2. The van der Waals surface area contributed by atoms with Gasteiger partial charge in [0.2, 0.25) is 10.0 Å². The van der Waals surface area contributed by atoms with Gasteiger partial charge in [0, 0.05) is 32.7 Å². The molecule has 1 saturated heterocycles. The number of sulfonamides is 1. The van der Waals surface area contributed by atoms with Crippen molar-refractivity contribution >= 4 is 10.0 Å². The lowest BCUT2D eigenvalue weighted by Crippen LogP contribution is -2.49. The maximum atomic E-state index is 11.6. The summed E-state index contributed by atoms with van der Waals surface area (Å²) in [6, 6.07) is 16.5. The number of benzene rings is 2. The first-order valence-electron chi connectivity index (χ1n) is 8.90. The SMILES string of the molecule is Cc1ccc(OCCN2CCN(S(C)(=O)=O)CC2)cc1-c1ccccc1. The first-order chi connectivity index (χ1) is 12.4. The number of ether oxygens (including phenoxy) is 1. The van der Waals surface area contributed by atoms with E-state index in [1.807, 2.05) is 24.3 Å². The zero-order valence-corrected chi connectivity index (χ0v) is 16.2. The molecule has 0 aliphatic carbocycles. The van der Waals surface area contributed by atoms with E-state index in [9.17, 15) is 8.42 Å². The van der Waals surface area contributed by atoms with Gasteiger partial charge in [-0.1, -0.05) is 36.4 Å². The molecule has 0 atom stereocenters. The van der Waals surface area contributed by atoms with Crippen LogP contribution in [0.5, 0.6) is 5.75 Å². The molecule has 0 bridgehead atoms. The highest BCUT2D eigenvalue weighted by atomic mass is 32.2. The average Bonchev–Trinajstić information content (AvgIpc) is 2.63. The monoisotopic (exact) mass is 374 g/mol. The lowest BCUT2D eigenvalue weighted by Gasteiger charge is -2.33. The summed E-state index contributed by atoms with van der Waals surface area (Å²) in [5, 5.41) is 0. The Balaban J connectivity index is 1.53. The van der Waals surface area contributed by atoms with Gasteiger partial charge in [-0.2, -0.15) is 4.31 Å². The summed E-state index contributed by atoms with van der Waals surface area (Å²) in [4.78, 5) is 2.24. The van der Waals surface area contributed by atoms with E-state index >= 15 is 0 Å². The Morgan fingerprint density at radius 1 is 1.00 bits per heavy atom. The third-order valence-electron chi connectivity index (χ3n) is 4.77. The Kier molecular flexibility index (Phi) is 5.96. The third-order valence-corrected chi connectivity index (χ3v) is 6.07. The van der Waals surface area contributed by atoms with Crippen LogP contribution in [0.15, 0.2) is 48.5 Å². The van der Waals surface area contributed by atoms with Crippen molar-refractivity contribution in [2.75, 3.05) is 45.6 Å². The topological polar surface area (TPSA) is 49.9 Å². The van der Waals surface area contributed by atoms with Gasteiger partial charge in [-0.25, -0.2) is 8.42 Å². The van der Waals surface area contributed by atoms with Crippen LogP contribution in [0.1, 0.15) is 5.56 Å². The van der Waals surface area contributed by atoms with Gasteiger partial charge < -0.3 is 4.74 Å². The minimum absolute atomic E-state index is 0.557. The lowest BCUT2D eigenvalue weighted by atomic mass is 10.0. The first kappa shape index (κ1) is 18.9. The van der Waals surface area contributed by atoms with Gasteiger partial charge in [0.25, 0.3) is 0 Å². The van der Waals surface area contributed by atoms with Crippen molar-refractivity contribution in [1.82, 2.24) is 9.21 Å². The van der Waals surface area contributed by atoms with Crippen molar-refractivity contribution in [3.63, 3.8) is 0 Å². The molecule has 3 rings (SSSR count). The molecular formula is C20H26N2O3S. The zero-order chi connectivity index (χ0) is 18.6. The van der Waals surface area contributed by atoms with E-state index in [-0.39, 0.29) is 0 Å². The van der Waals surface area contributed by atoms with Crippen molar-refractivity contribution in [1.29, 1.82) is 0 Å². The molecule has 1 aliphatic heterocycles. The first-order valence-corrected chi connectivity index (χ1v) is 10.7. The molecule has 2 aromatic carbocycles. The van der Waals surface area contributed by atoms with Crippen LogP contribution in [0, 0.1) is 6.92 Å². The van der Waals surface area contributed by atoms with Crippen LogP contribution in [0.2, 0.25) is 0 Å². The fraction of sp³-hybridized carbons (Fsp3) is 0.400. The van der Waals surface area contributed by atoms with Gasteiger partial charge in [-0.05, 0) is 35.7 Å². The minimum Gasteiger partial charge on any atom is -0.492 e. The van der Waals surface area contributed by atoms with E-state index in [4.69, 9.17) is 4.74 Å². The molecular weight excluding hydrogens is 348 g/mol. The summed E-state index contributed by atoms with van der Waals surface area (Å²) in [5.74, 6) is 0.865. The van der Waals surface area contributed by atoms with Gasteiger partial charge >= 0.3 is 0 Å². The number of hydrogen-bond donors (Lipinski definition) is 0. The second-order valence-corrected chi connectivity index (χ2v) is 8.68. The summed E-state index contributed by atoms with van der Waals surface area (Å²) in [5.41, 5.74) is 3.60. The van der Waals surface area contributed by atoms with Crippen molar-refractivity contribution < 1.29 is 13.2 Å². The smallest absolute Gasteiger partial charge is 0.211 e. The summed E-state index contributed by atoms with van der Waals surface area (Å²) < 4.78 is 30.6. The van der Waals surface area contributed by atoms with Crippen molar-refractivity contribution in [3.05, 3.63) is 54.1 Å². The molecule has 0 saturated carbocycles. The molecule has 6 heteroatoms. The Morgan fingerprint density at radius 3 is 2.35 bits per heavy atom. The summed E-state index contributed by atoms with van der Waals surface area (Å²) in [7, 11) is -3.07. The van der Waals surface area contributed by atoms with Gasteiger partial charge in [0.05, 0.1) is 6.26 Å². The largest absolute Gasteiger partial charge is 0.492 e. The van der Waals surface area contributed by atoms with Crippen LogP contribution >= 0.6 is 0 Å². The van der Waals surface area contributed by atoms with E-state index in [0.29, 0.717) is 19.7 Å². The van der Waals surface area contributed by atoms with E-state index in [0.717, 1.165) is 25.4 Å². The molecule has 0 radical (unpaired) electrons. The summed E-state index contributed by atoms with van der Waals surface area (Å²) in [6.45, 7) is 6.11. The number of hydrogen-bond acceptors (Lipinski definition) is 4. The van der Waals surface area contributed by atoms with Crippen molar-refractivity contribution in [2.45, 2.75) is 6.92 Å². The van der Waals surface area contributed by atoms with Crippen LogP contribution in [0.4, 0.5) is 0 Å². The molecule has 0 aromatic heterocycles. The molecule has 1 aliphatic rings. The van der Waals surface area contributed by atoms with E-state index in [1.165, 1.54) is 27.3 Å². The molecule has 140 valence electrons. The molecule has 0 N–H and O–H groups in total. The fourth-order valence-electron chi connectivity index (χ4n) is 3.20. The number of aryl methyl sites for hydroxylation is 1. The summed E-state index contributed by atoms with van der Waals surface area (Å²) >= 11 is 0. The second kappa shape index (κ2) is 8.20. The molecule has 26 heavy (non-hydrogen) atoms. The predicted molar refractivity (Wildman–Crippen MR) is 105 cm³/mol. The maximum absolute atomic E-state index is 11.6. The standard InChI is InChI=1S/C20H26N2O3S/c1-17-8-9-19(16-20(17)18-6-4-3-5-7-18)25-15-14-21-10-12-22(13-11-21)26(2,23)24/h3-9,16H,10-15H2,1-2H3. The molecule has 0 amide bonds. The maximum Gasteiger partial charge on any atom is 0.211 e. The quantitative estimate of drug-likeness (QED) is 0.780.